The van der Waals surface area contributed by atoms with E-state index < -0.39 is 7.12 Å². The van der Waals surface area contributed by atoms with Gasteiger partial charge in [-0.3, -0.25) is 4.79 Å². The summed E-state index contributed by atoms with van der Waals surface area (Å²) in [4.78, 5) is 10.8. The number of hydrogen-bond donors (Lipinski definition) is 2. The first kappa shape index (κ1) is 12.3. The van der Waals surface area contributed by atoms with Crippen LogP contribution in [0.3, 0.4) is 0 Å². The summed E-state index contributed by atoms with van der Waals surface area (Å²) in [6, 6.07) is 7.35. The van der Waals surface area contributed by atoms with E-state index in [2.05, 4.69) is 0 Å². The van der Waals surface area contributed by atoms with Gasteiger partial charge in [0.25, 0.3) is 0 Å². The first-order chi connectivity index (χ1) is 8.15. The number of benzene rings is 1. The number of carbonyl (C=O) groups excluding carboxylic acids is 1. The van der Waals surface area contributed by atoms with Gasteiger partial charge in [0.1, 0.15) is 5.78 Å². The summed E-state index contributed by atoms with van der Waals surface area (Å²) in [7, 11) is -1.38. The quantitative estimate of drug-likeness (QED) is 0.733. The smallest absolute Gasteiger partial charge is 0.423 e. The van der Waals surface area contributed by atoms with E-state index in [4.69, 9.17) is 10.0 Å². The predicted molar refractivity (Wildman–Crippen MR) is 66.9 cm³/mol. The molecule has 0 bridgehead atoms. The molecular weight excluding hydrogens is 215 g/mol. The Morgan fingerprint density at radius 3 is 2.35 bits per heavy atom. The third-order valence-corrected chi connectivity index (χ3v) is 3.39. The second-order valence-corrected chi connectivity index (χ2v) is 4.82. The number of Topliss-reactive ketones (excluding diaryl/α,β-unsaturated/α-hetero) is 1. The molecule has 1 saturated carbocycles. The highest BCUT2D eigenvalue weighted by Crippen LogP contribution is 2.27. The van der Waals surface area contributed by atoms with Crippen LogP contribution in [0.25, 0.3) is 0 Å². The van der Waals surface area contributed by atoms with Gasteiger partial charge in [-0.25, -0.2) is 0 Å². The molecule has 1 aromatic rings. The van der Waals surface area contributed by atoms with E-state index in [0.29, 0.717) is 17.2 Å². The highest BCUT2D eigenvalue weighted by Gasteiger charge is 2.25. The molecule has 1 aromatic carbocycles. The first-order valence-corrected chi connectivity index (χ1v) is 6.12. The van der Waals surface area contributed by atoms with Crippen LogP contribution in [0, 0.1) is 5.92 Å². The monoisotopic (exact) mass is 232 g/mol. The lowest BCUT2D eigenvalue weighted by atomic mass is 9.79. The number of hydrogen-bond acceptors (Lipinski definition) is 3. The molecule has 2 N–H and O–H groups in total. The van der Waals surface area contributed by atoms with Crippen LogP contribution in [-0.4, -0.2) is 22.9 Å². The predicted octanol–water partition coefficient (Wildman–Crippen LogP) is 0.668. The highest BCUT2D eigenvalue weighted by molar-refractivity contribution is 6.58. The first-order valence-electron chi connectivity index (χ1n) is 6.12. The van der Waals surface area contributed by atoms with Crippen molar-refractivity contribution < 1.29 is 14.8 Å². The molecule has 0 spiro atoms. The van der Waals surface area contributed by atoms with E-state index in [1.54, 1.807) is 12.1 Å². The van der Waals surface area contributed by atoms with Gasteiger partial charge in [0.2, 0.25) is 0 Å². The average Bonchev–Trinajstić information content (AvgIpc) is 2.27. The van der Waals surface area contributed by atoms with Gasteiger partial charge in [0.15, 0.2) is 0 Å². The maximum absolute atomic E-state index is 10.8. The zero-order valence-electron chi connectivity index (χ0n) is 9.80. The second kappa shape index (κ2) is 5.47. The van der Waals surface area contributed by atoms with Crippen LogP contribution in [0.5, 0.6) is 0 Å². The van der Waals surface area contributed by atoms with E-state index in [1.165, 1.54) is 5.56 Å². The maximum Gasteiger partial charge on any atom is 0.488 e. The van der Waals surface area contributed by atoms with Crippen molar-refractivity contribution in [3.05, 3.63) is 29.8 Å². The van der Waals surface area contributed by atoms with Crippen LogP contribution in [0.15, 0.2) is 24.3 Å². The lowest BCUT2D eigenvalue weighted by Crippen LogP contribution is -2.29. The fourth-order valence-corrected chi connectivity index (χ4v) is 2.24. The summed E-state index contributed by atoms with van der Waals surface area (Å²) in [6.07, 6.45) is 4.76. The van der Waals surface area contributed by atoms with Gasteiger partial charge < -0.3 is 10.0 Å². The van der Waals surface area contributed by atoms with Crippen molar-refractivity contribution in [1.29, 1.82) is 0 Å². The lowest BCUT2D eigenvalue weighted by Gasteiger charge is -2.23. The van der Waals surface area contributed by atoms with Gasteiger partial charge in [-0.05, 0) is 36.2 Å². The van der Waals surface area contributed by atoms with Crippen LogP contribution in [0.2, 0.25) is 0 Å². The molecule has 1 aliphatic rings. The van der Waals surface area contributed by atoms with Crippen molar-refractivity contribution in [3.63, 3.8) is 0 Å². The van der Waals surface area contributed by atoms with E-state index in [9.17, 15) is 4.79 Å². The van der Waals surface area contributed by atoms with Gasteiger partial charge >= 0.3 is 7.12 Å². The molecule has 17 heavy (non-hydrogen) atoms. The number of rotatable bonds is 5. The Bertz CT molecular complexity index is 378. The molecule has 1 aliphatic carbocycles. The molecule has 0 heterocycles. The fraction of sp³-hybridized carbons (Fsp3) is 0.462. The summed E-state index contributed by atoms with van der Waals surface area (Å²) in [5, 5.41) is 17.9. The molecule has 0 atom stereocenters. The lowest BCUT2D eigenvalue weighted by molar-refractivity contribution is -0.127. The molecule has 1 fully saturated rings. The molecule has 4 heteroatoms. The molecule has 0 aliphatic heterocycles. The van der Waals surface area contributed by atoms with Gasteiger partial charge in [-0.1, -0.05) is 24.3 Å². The maximum atomic E-state index is 10.8. The fourth-order valence-electron chi connectivity index (χ4n) is 2.24. The van der Waals surface area contributed by atoms with Crippen LogP contribution < -0.4 is 5.46 Å². The van der Waals surface area contributed by atoms with Crippen LogP contribution in [0.1, 0.15) is 31.2 Å². The summed E-state index contributed by atoms with van der Waals surface area (Å²) in [5.41, 5.74) is 1.73. The molecule has 0 aromatic heterocycles. The van der Waals surface area contributed by atoms with Crippen molar-refractivity contribution >= 4 is 18.4 Å². The summed E-state index contributed by atoms with van der Waals surface area (Å²) >= 11 is 0. The second-order valence-electron chi connectivity index (χ2n) is 4.82. The normalized spacial score (nSPS) is 15.8. The summed E-state index contributed by atoms with van der Waals surface area (Å²) in [6.45, 7) is 0. The van der Waals surface area contributed by atoms with Crippen molar-refractivity contribution in [2.75, 3.05) is 0 Å². The van der Waals surface area contributed by atoms with Crippen LogP contribution >= 0.6 is 0 Å². The average molecular weight is 232 g/mol. The van der Waals surface area contributed by atoms with Crippen LogP contribution in [0.4, 0.5) is 0 Å². The SMILES string of the molecule is O=C1CC(CCCc2ccc(B(O)O)cc2)C1. The molecule has 0 unspecified atom stereocenters. The van der Waals surface area contributed by atoms with Crippen molar-refractivity contribution in [3.8, 4) is 0 Å². The third-order valence-electron chi connectivity index (χ3n) is 3.39. The van der Waals surface area contributed by atoms with Gasteiger partial charge in [0.05, 0.1) is 0 Å². The Morgan fingerprint density at radius 1 is 1.18 bits per heavy atom. The van der Waals surface area contributed by atoms with Gasteiger partial charge in [-0.2, -0.15) is 0 Å². The number of ketones is 1. The largest absolute Gasteiger partial charge is 0.488 e. The van der Waals surface area contributed by atoms with Crippen LogP contribution in [-0.2, 0) is 11.2 Å². The minimum absolute atomic E-state index is 0.399. The molecule has 3 nitrogen and oxygen atoms in total. The highest BCUT2D eigenvalue weighted by atomic mass is 16.4. The minimum atomic E-state index is -1.38. The molecule has 2 rings (SSSR count). The summed E-state index contributed by atoms with van der Waals surface area (Å²) in [5.74, 6) is 1.01. The molecule has 0 amide bonds. The third kappa shape index (κ3) is 3.41. The van der Waals surface area contributed by atoms with E-state index in [1.807, 2.05) is 12.1 Å². The molecule has 0 radical (unpaired) electrons. The number of carbonyl (C=O) groups is 1. The molecule has 0 saturated heterocycles. The summed E-state index contributed by atoms with van der Waals surface area (Å²) < 4.78 is 0. The van der Waals surface area contributed by atoms with Gasteiger partial charge in [-0.15, -0.1) is 0 Å². The Kier molecular flexibility index (Phi) is 3.97. The van der Waals surface area contributed by atoms with Crippen molar-refractivity contribution in [2.45, 2.75) is 32.1 Å². The number of aryl methyl sites for hydroxylation is 1. The zero-order chi connectivity index (χ0) is 12.3. The topological polar surface area (TPSA) is 57.5 Å². The Morgan fingerprint density at radius 2 is 1.82 bits per heavy atom. The van der Waals surface area contributed by atoms with Crippen molar-refractivity contribution in [1.82, 2.24) is 0 Å². The standard InChI is InChI=1S/C13H17BO3/c15-13-8-11(9-13)3-1-2-10-4-6-12(7-5-10)14(16)17/h4-7,11,16-17H,1-3,8-9H2. The Labute approximate surface area is 102 Å². The van der Waals surface area contributed by atoms with E-state index in [-0.39, 0.29) is 0 Å². The Hall–Kier alpha value is -1.13. The zero-order valence-corrected chi connectivity index (χ0v) is 9.80. The molecule has 90 valence electrons. The van der Waals surface area contributed by atoms with E-state index in [0.717, 1.165) is 32.1 Å². The van der Waals surface area contributed by atoms with E-state index >= 15 is 0 Å². The Balaban J connectivity index is 1.73. The minimum Gasteiger partial charge on any atom is -0.423 e. The van der Waals surface area contributed by atoms with Crippen molar-refractivity contribution in [2.24, 2.45) is 5.92 Å². The molecular formula is C13H17BO3. The van der Waals surface area contributed by atoms with Gasteiger partial charge in [0, 0.05) is 12.8 Å².